The summed E-state index contributed by atoms with van der Waals surface area (Å²) >= 11 is 3.45. The summed E-state index contributed by atoms with van der Waals surface area (Å²) in [5.41, 5.74) is 2.67. The maximum Gasteiger partial charge on any atom is 0.266 e. The molecule has 0 aliphatic carbocycles. The number of nitrogens with zero attached hydrogens (tertiary/aromatic N) is 3. The molecule has 4 nitrogen and oxygen atoms in total. The standard InChI is InChI=1S/C14H8BrN3O/c15-9-1-2-12-8(5-9)6-13-17-11-7-16-4-3-10(11)14(19)18(12)13/h1-5,7H,6H2. The van der Waals surface area contributed by atoms with E-state index in [1.165, 1.54) is 0 Å². The van der Waals surface area contributed by atoms with E-state index >= 15 is 0 Å². The molecule has 3 heterocycles. The first-order valence-electron chi connectivity index (χ1n) is 5.88. The Morgan fingerprint density at radius 2 is 2.16 bits per heavy atom. The molecule has 0 saturated heterocycles. The SMILES string of the molecule is O=c1c2ccncc2nc2n1-c1ccc(Br)cc1C2. The van der Waals surface area contributed by atoms with Crippen molar-refractivity contribution in [2.75, 3.05) is 0 Å². The number of aromatic nitrogens is 3. The first kappa shape index (κ1) is 10.9. The lowest BCUT2D eigenvalue weighted by atomic mass is 10.1. The van der Waals surface area contributed by atoms with Gasteiger partial charge in [0.25, 0.3) is 5.56 Å². The van der Waals surface area contributed by atoms with Crippen molar-refractivity contribution in [2.24, 2.45) is 0 Å². The quantitative estimate of drug-likeness (QED) is 0.501. The number of fused-ring (bicyclic) bond motifs is 4. The summed E-state index contributed by atoms with van der Waals surface area (Å²) in [6, 6.07) is 7.64. The molecule has 4 rings (SSSR count). The van der Waals surface area contributed by atoms with Gasteiger partial charge in [-0.15, -0.1) is 0 Å². The molecule has 0 fully saturated rings. The van der Waals surface area contributed by atoms with Crippen LogP contribution in [0.25, 0.3) is 16.6 Å². The van der Waals surface area contributed by atoms with Crippen molar-refractivity contribution in [1.82, 2.24) is 14.5 Å². The Bertz CT molecular complexity index is 885. The van der Waals surface area contributed by atoms with E-state index in [0.717, 1.165) is 21.5 Å². The summed E-state index contributed by atoms with van der Waals surface area (Å²) in [5, 5.41) is 0.606. The molecule has 19 heavy (non-hydrogen) atoms. The molecule has 0 N–H and O–H groups in total. The summed E-state index contributed by atoms with van der Waals surface area (Å²) in [5.74, 6) is 0.776. The molecule has 1 aliphatic rings. The van der Waals surface area contributed by atoms with Gasteiger partial charge in [-0.25, -0.2) is 4.98 Å². The molecule has 0 spiro atoms. The van der Waals surface area contributed by atoms with Gasteiger partial charge in [0, 0.05) is 17.1 Å². The first-order chi connectivity index (χ1) is 9.24. The number of halogens is 1. The number of hydrogen-bond acceptors (Lipinski definition) is 3. The minimum Gasteiger partial charge on any atom is -0.268 e. The highest BCUT2D eigenvalue weighted by Crippen LogP contribution is 2.28. The van der Waals surface area contributed by atoms with Gasteiger partial charge in [0.2, 0.25) is 0 Å². The van der Waals surface area contributed by atoms with E-state index in [1.807, 2.05) is 18.2 Å². The van der Waals surface area contributed by atoms with Crippen LogP contribution in [0.3, 0.4) is 0 Å². The fourth-order valence-electron chi connectivity index (χ4n) is 2.53. The lowest BCUT2D eigenvalue weighted by Crippen LogP contribution is -2.20. The van der Waals surface area contributed by atoms with E-state index in [1.54, 1.807) is 23.0 Å². The van der Waals surface area contributed by atoms with Crippen molar-refractivity contribution in [1.29, 1.82) is 0 Å². The Morgan fingerprint density at radius 3 is 3.05 bits per heavy atom. The molecule has 3 aromatic rings. The van der Waals surface area contributed by atoms with Gasteiger partial charge in [-0.05, 0) is 29.8 Å². The third-order valence-corrected chi connectivity index (χ3v) is 3.87. The second kappa shape index (κ2) is 3.74. The Hall–Kier alpha value is -2.01. The molecule has 0 saturated carbocycles. The maximum absolute atomic E-state index is 12.6. The van der Waals surface area contributed by atoms with Gasteiger partial charge in [-0.2, -0.15) is 0 Å². The summed E-state index contributed by atoms with van der Waals surface area (Å²) in [6.07, 6.45) is 3.93. The highest BCUT2D eigenvalue weighted by atomic mass is 79.9. The van der Waals surface area contributed by atoms with E-state index in [2.05, 4.69) is 25.9 Å². The number of rotatable bonds is 0. The van der Waals surface area contributed by atoms with E-state index in [9.17, 15) is 4.79 Å². The second-order valence-electron chi connectivity index (χ2n) is 4.51. The van der Waals surface area contributed by atoms with Gasteiger partial charge < -0.3 is 0 Å². The molecular formula is C14H8BrN3O. The molecule has 0 amide bonds. The molecule has 2 aromatic heterocycles. The predicted molar refractivity (Wildman–Crippen MR) is 75.6 cm³/mol. The molecule has 5 heteroatoms. The van der Waals surface area contributed by atoms with Gasteiger partial charge in [-0.1, -0.05) is 15.9 Å². The van der Waals surface area contributed by atoms with Crippen molar-refractivity contribution in [3.05, 3.63) is 62.9 Å². The topological polar surface area (TPSA) is 47.8 Å². The minimum atomic E-state index is -0.0246. The highest BCUT2D eigenvalue weighted by Gasteiger charge is 2.22. The van der Waals surface area contributed by atoms with Crippen molar-refractivity contribution >= 4 is 26.8 Å². The summed E-state index contributed by atoms with van der Waals surface area (Å²) < 4.78 is 2.71. The van der Waals surface area contributed by atoms with Crippen LogP contribution in [0.4, 0.5) is 0 Å². The Balaban J connectivity index is 2.13. The molecule has 0 bridgehead atoms. The van der Waals surface area contributed by atoms with Crippen molar-refractivity contribution in [3.8, 4) is 5.69 Å². The van der Waals surface area contributed by atoms with Crippen LogP contribution in [0.15, 0.2) is 45.9 Å². The van der Waals surface area contributed by atoms with Crippen LogP contribution in [-0.2, 0) is 6.42 Å². The molecule has 0 radical (unpaired) electrons. The third-order valence-electron chi connectivity index (χ3n) is 3.37. The molecule has 1 aromatic carbocycles. The zero-order chi connectivity index (χ0) is 13.0. The van der Waals surface area contributed by atoms with Crippen LogP contribution in [0.2, 0.25) is 0 Å². The molecule has 0 unspecified atom stereocenters. The number of pyridine rings is 1. The Kier molecular flexibility index (Phi) is 2.14. The predicted octanol–water partition coefficient (Wildman–Crippen LogP) is 2.45. The van der Waals surface area contributed by atoms with Gasteiger partial charge >= 0.3 is 0 Å². The van der Waals surface area contributed by atoms with Crippen molar-refractivity contribution in [2.45, 2.75) is 6.42 Å². The zero-order valence-corrected chi connectivity index (χ0v) is 11.4. The van der Waals surface area contributed by atoms with Gasteiger partial charge in [-0.3, -0.25) is 14.3 Å². The number of benzene rings is 1. The van der Waals surface area contributed by atoms with Gasteiger partial charge in [0.05, 0.1) is 22.8 Å². The molecule has 92 valence electrons. The van der Waals surface area contributed by atoms with Crippen LogP contribution in [0, 0.1) is 0 Å². The van der Waals surface area contributed by atoms with Crippen molar-refractivity contribution < 1.29 is 0 Å². The maximum atomic E-state index is 12.6. The fraction of sp³-hybridized carbons (Fsp3) is 0.0714. The van der Waals surface area contributed by atoms with Crippen LogP contribution in [0.1, 0.15) is 11.4 Å². The van der Waals surface area contributed by atoms with Gasteiger partial charge in [0.1, 0.15) is 5.82 Å². The first-order valence-corrected chi connectivity index (χ1v) is 6.68. The van der Waals surface area contributed by atoms with E-state index < -0.39 is 0 Å². The summed E-state index contributed by atoms with van der Waals surface area (Å²) in [6.45, 7) is 0. The fourth-order valence-corrected chi connectivity index (χ4v) is 2.94. The Labute approximate surface area is 116 Å². The molecule has 1 aliphatic heterocycles. The zero-order valence-electron chi connectivity index (χ0n) is 9.80. The monoisotopic (exact) mass is 313 g/mol. The average molecular weight is 314 g/mol. The molecule has 0 atom stereocenters. The smallest absolute Gasteiger partial charge is 0.266 e. The minimum absolute atomic E-state index is 0.0246. The summed E-state index contributed by atoms with van der Waals surface area (Å²) in [7, 11) is 0. The van der Waals surface area contributed by atoms with Crippen LogP contribution in [-0.4, -0.2) is 14.5 Å². The molecular weight excluding hydrogens is 306 g/mol. The average Bonchev–Trinajstić information content (AvgIpc) is 2.76. The van der Waals surface area contributed by atoms with Crippen LogP contribution in [0.5, 0.6) is 0 Å². The van der Waals surface area contributed by atoms with Crippen LogP contribution >= 0.6 is 15.9 Å². The van der Waals surface area contributed by atoms with E-state index in [-0.39, 0.29) is 5.56 Å². The highest BCUT2D eigenvalue weighted by molar-refractivity contribution is 9.10. The normalized spacial score (nSPS) is 12.5. The van der Waals surface area contributed by atoms with Crippen molar-refractivity contribution in [3.63, 3.8) is 0 Å². The third kappa shape index (κ3) is 1.48. The summed E-state index contributed by atoms with van der Waals surface area (Å²) in [4.78, 5) is 21.1. The Morgan fingerprint density at radius 1 is 1.26 bits per heavy atom. The second-order valence-corrected chi connectivity index (χ2v) is 5.43. The van der Waals surface area contributed by atoms with Crippen LogP contribution < -0.4 is 5.56 Å². The lowest BCUT2D eigenvalue weighted by molar-refractivity contribution is 0.913. The van der Waals surface area contributed by atoms with E-state index in [4.69, 9.17) is 0 Å². The van der Waals surface area contributed by atoms with Gasteiger partial charge in [0.15, 0.2) is 0 Å². The lowest BCUT2D eigenvalue weighted by Gasteiger charge is -2.05. The largest absolute Gasteiger partial charge is 0.268 e. The number of hydrogen-bond donors (Lipinski definition) is 0. The van der Waals surface area contributed by atoms with E-state index in [0.29, 0.717) is 17.3 Å².